The van der Waals surface area contributed by atoms with Crippen LogP contribution in [0.1, 0.15) is 19.8 Å². The summed E-state index contributed by atoms with van der Waals surface area (Å²) in [5.74, 6) is 0.0962. The van der Waals surface area contributed by atoms with E-state index in [1.54, 1.807) is 25.1 Å². The Morgan fingerprint density at radius 3 is 2.59 bits per heavy atom. The summed E-state index contributed by atoms with van der Waals surface area (Å²) in [5.41, 5.74) is 0.645. The van der Waals surface area contributed by atoms with E-state index in [0.717, 1.165) is 0 Å². The van der Waals surface area contributed by atoms with Crippen LogP contribution in [0.25, 0.3) is 0 Å². The van der Waals surface area contributed by atoms with Crippen molar-refractivity contribution < 1.29 is 13.5 Å². The third-order valence-corrected chi connectivity index (χ3v) is 4.86. The van der Waals surface area contributed by atoms with E-state index in [2.05, 4.69) is 5.32 Å². The van der Waals surface area contributed by atoms with Crippen molar-refractivity contribution in [2.24, 2.45) is 0 Å². The van der Waals surface area contributed by atoms with Crippen LogP contribution in [0.5, 0.6) is 0 Å². The van der Waals surface area contributed by atoms with Crippen LogP contribution in [0.4, 0.5) is 5.69 Å². The van der Waals surface area contributed by atoms with Gasteiger partial charge < -0.3 is 10.4 Å². The molecule has 4 nitrogen and oxygen atoms in total. The molecule has 0 unspecified atom stereocenters. The molecule has 0 amide bonds. The summed E-state index contributed by atoms with van der Waals surface area (Å²) in [5, 5.41) is 12.4. The molecule has 0 atom stereocenters. The largest absolute Gasteiger partial charge is 0.393 e. The SMILES string of the molecule is CCS(=O)(=O)c1ccccc1NC1CC(O)C1. The van der Waals surface area contributed by atoms with E-state index in [-0.39, 0.29) is 17.9 Å². The first-order chi connectivity index (χ1) is 8.03. The zero-order chi connectivity index (χ0) is 12.5. The van der Waals surface area contributed by atoms with Crippen molar-refractivity contribution in [1.82, 2.24) is 0 Å². The lowest BCUT2D eigenvalue weighted by Crippen LogP contribution is -2.39. The molecule has 1 fully saturated rings. The summed E-state index contributed by atoms with van der Waals surface area (Å²) in [6, 6.07) is 7.11. The monoisotopic (exact) mass is 255 g/mol. The van der Waals surface area contributed by atoms with Crippen molar-refractivity contribution >= 4 is 15.5 Å². The molecule has 1 aromatic rings. The first-order valence-corrected chi connectivity index (χ1v) is 7.44. The van der Waals surface area contributed by atoms with E-state index >= 15 is 0 Å². The molecule has 1 aliphatic rings. The Morgan fingerprint density at radius 2 is 2.00 bits per heavy atom. The van der Waals surface area contributed by atoms with Crippen molar-refractivity contribution in [2.45, 2.75) is 36.8 Å². The van der Waals surface area contributed by atoms with Crippen molar-refractivity contribution in [3.63, 3.8) is 0 Å². The van der Waals surface area contributed by atoms with Gasteiger partial charge in [-0.05, 0) is 25.0 Å². The Kier molecular flexibility index (Phi) is 3.40. The predicted octanol–water partition coefficient (Wildman–Crippen LogP) is 1.42. The molecule has 17 heavy (non-hydrogen) atoms. The summed E-state index contributed by atoms with van der Waals surface area (Å²) in [6.07, 6.45) is 1.11. The second-order valence-corrected chi connectivity index (χ2v) is 6.61. The van der Waals surface area contributed by atoms with Crippen LogP contribution in [0.3, 0.4) is 0 Å². The number of aliphatic hydroxyl groups excluding tert-OH is 1. The fourth-order valence-electron chi connectivity index (χ4n) is 1.94. The van der Waals surface area contributed by atoms with Crippen LogP contribution in [-0.2, 0) is 9.84 Å². The number of hydrogen-bond acceptors (Lipinski definition) is 4. The van der Waals surface area contributed by atoms with Gasteiger partial charge in [0.2, 0.25) is 0 Å². The summed E-state index contributed by atoms with van der Waals surface area (Å²) >= 11 is 0. The molecule has 0 saturated heterocycles. The maximum Gasteiger partial charge on any atom is 0.180 e. The first kappa shape index (κ1) is 12.4. The van der Waals surface area contributed by atoms with E-state index in [4.69, 9.17) is 0 Å². The van der Waals surface area contributed by atoms with Crippen LogP contribution in [0, 0.1) is 0 Å². The lowest BCUT2D eigenvalue weighted by Gasteiger charge is -2.33. The zero-order valence-corrected chi connectivity index (χ0v) is 10.6. The number of aliphatic hydroxyl groups is 1. The minimum Gasteiger partial charge on any atom is -0.393 e. The lowest BCUT2D eigenvalue weighted by atomic mass is 9.89. The molecule has 0 aromatic heterocycles. The smallest absolute Gasteiger partial charge is 0.180 e. The molecule has 0 bridgehead atoms. The molecule has 0 heterocycles. The molecule has 1 saturated carbocycles. The van der Waals surface area contributed by atoms with E-state index in [1.165, 1.54) is 0 Å². The standard InChI is InChI=1S/C12H17NO3S/c1-2-17(15,16)12-6-4-3-5-11(12)13-9-7-10(14)8-9/h3-6,9-10,13-14H,2,7-8H2,1H3. The van der Waals surface area contributed by atoms with Crippen molar-refractivity contribution in [3.05, 3.63) is 24.3 Å². The Hall–Kier alpha value is -1.07. The average molecular weight is 255 g/mol. The molecule has 1 aromatic carbocycles. The van der Waals surface area contributed by atoms with Gasteiger partial charge in [0.25, 0.3) is 0 Å². The lowest BCUT2D eigenvalue weighted by molar-refractivity contribution is 0.0836. The number of anilines is 1. The van der Waals surface area contributed by atoms with Crippen LogP contribution >= 0.6 is 0 Å². The third kappa shape index (κ3) is 2.61. The van der Waals surface area contributed by atoms with Gasteiger partial charge in [-0.3, -0.25) is 0 Å². The minimum absolute atomic E-state index is 0.0962. The van der Waals surface area contributed by atoms with Gasteiger partial charge in [0.1, 0.15) is 0 Å². The predicted molar refractivity (Wildman–Crippen MR) is 66.8 cm³/mol. The van der Waals surface area contributed by atoms with E-state index < -0.39 is 9.84 Å². The Morgan fingerprint density at radius 1 is 1.35 bits per heavy atom. The number of sulfone groups is 1. The average Bonchev–Trinajstić information content (AvgIpc) is 2.27. The highest BCUT2D eigenvalue weighted by molar-refractivity contribution is 7.91. The highest BCUT2D eigenvalue weighted by Gasteiger charge is 2.28. The third-order valence-electron chi connectivity index (χ3n) is 3.07. The number of nitrogens with one attached hydrogen (secondary N) is 1. The van der Waals surface area contributed by atoms with Crippen LogP contribution in [0.15, 0.2) is 29.2 Å². The van der Waals surface area contributed by atoms with Gasteiger partial charge in [0, 0.05) is 6.04 Å². The first-order valence-electron chi connectivity index (χ1n) is 5.79. The molecule has 2 rings (SSSR count). The van der Waals surface area contributed by atoms with Gasteiger partial charge in [0.05, 0.1) is 22.4 Å². The highest BCUT2D eigenvalue weighted by atomic mass is 32.2. The van der Waals surface area contributed by atoms with Gasteiger partial charge in [-0.1, -0.05) is 19.1 Å². The van der Waals surface area contributed by atoms with Crippen molar-refractivity contribution in [1.29, 1.82) is 0 Å². The van der Waals surface area contributed by atoms with Crippen molar-refractivity contribution in [3.8, 4) is 0 Å². The van der Waals surface area contributed by atoms with E-state index in [9.17, 15) is 13.5 Å². The van der Waals surface area contributed by atoms with Gasteiger partial charge in [-0.25, -0.2) is 8.42 Å². The van der Waals surface area contributed by atoms with Crippen LogP contribution < -0.4 is 5.32 Å². The fraction of sp³-hybridized carbons (Fsp3) is 0.500. The Labute approximate surface area is 102 Å². The fourth-order valence-corrected chi connectivity index (χ4v) is 3.00. The van der Waals surface area contributed by atoms with E-state index in [1.807, 2.05) is 6.07 Å². The second kappa shape index (κ2) is 4.66. The maximum atomic E-state index is 11.9. The molecule has 1 aliphatic carbocycles. The van der Waals surface area contributed by atoms with Gasteiger partial charge in [-0.15, -0.1) is 0 Å². The summed E-state index contributed by atoms with van der Waals surface area (Å²) < 4.78 is 23.8. The number of rotatable bonds is 4. The van der Waals surface area contributed by atoms with Crippen molar-refractivity contribution in [2.75, 3.05) is 11.1 Å². The molecule has 0 spiro atoms. The summed E-state index contributed by atoms with van der Waals surface area (Å²) in [4.78, 5) is 0.351. The Balaban J connectivity index is 2.22. The molecular formula is C12H17NO3S. The summed E-state index contributed by atoms with van der Waals surface area (Å²) in [6.45, 7) is 1.64. The number of hydrogen-bond donors (Lipinski definition) is 2. The number of benzene rings is 1. The van der Waals surface area contributed by atoms with Gasteiger partial charge in [0.15, 0.2) is 9.84 Å². The normalized spacial score (nSPS) is 24.1. The van der Waals surface area contributed by atoms with Gasteiger partial charge in [-0.2, -0.15) is 0 Å². The van der Waals surface area contributed by atoms with Gasteiger partial charge >= 0.3 is 0 Å². The van der Waals surface area contributed by atoms with E-state index in [0.29, 0.717) is 23.4 Å². The van der Waals surface area contributed by atoms with Crippen LogP contribution in [-0.4, -0.2) is 31.4 Å². The highest BCUT2D eigenvalue weighted by Crippen LogP contribution is 2.28. The Bertz CT molecular complexity index is 492. The molecule has 2 N–H and O–H groups in total. The second-order valence-electron chi connectivity index (χ2n) is 4.37. The number of para-hydroxylation sites is 1. The zero-order valence-electron chi connectivity index (χ0n) is 9.76. The molecule has 0 aliphatic heterocycles. The minimum atomic E-state index is -3.20. The maximum absolute atomic E-state index is 11.9. The quantitative estimate of drug-likeness (QED) is 0.854. The molecular weight excluding hydrogens is 238 g/mol. The molecule has 94 valence electrons. The summed E-state index contributed by atoms with van der Waals surface area (Å²) in [7, 11) is -3.20. The van der Waals surface area contributed by atoms with Crippen LogP contribution in [0.2, 0.25) is 0 Å². The topological polar surface area (TPSA) is 66.4 Å². The molecule has 0 radical (unpaired) electrons. The molecule has 5 heteroatoms.